The standard InChI is InChI=1S/C17H24N4OS/c1-11(2)9-14-5-7-15(8-6-14)12(3)18-16(22)10-23-17-19-13(4)20-21-17/h5-8,11-12H,9-10H2,1-4H3,(H,18,22)(H,19,20,21). The Hall–Kier alpha value is -1.82. The minimum Gasteiger partial charge on any atom is -0.349 e. The Morgan fingerprint density at radius 2 is 1.96 bits per heavy atom. The van der Waals surface area contributed by atoms with Gasteiger partial charge in [-0.25, -0.2) is 4.98 Å². The van der Waals surface area contributed by atoms with Gasteiger partial charge in [-0.1, -0.05) is 49.9 Å². The van der Waals surface area contributed by atoms with E-state index in [0.717, 1.165) is 17.8 Å². The predicted molar refractivity (Wildman–Crippen MR) is 93.4 cm³/mol. The van der Waals surface area contributed by atoms with Gasteiger partial charge in [0.2, 0.25) is 11.1 Å². The van der Waals surface area contributed by atoms with Gasteiger partial charge in [-0.05, 0) is 37.3 Å². The maximum absolute atomic E-state index is 12.0. The Labute approximate surface area is 141 Å². The van der Waals surface area contributed by atoms with Crippen LogP contribution >= 0.6 is 11.8 Å². The monoisotopic (exact) mass is 332 g/mol. The fourth-order valence-corrected chi connectivity index (χ4v) is 2.95. The van der Waals surface area contributed by atoms with Crippen molar-refractivity contribution in [2.75, 3.05) is 5.75 Å². The molecule has 1 unspecified atom stereocenters. The molecule has 5 nitrogen and oxygen atoms in total. The van der Waals surface area contributed by atoms with Gasteiger partial charge < -0.3 is 5.32 Å². The first-order valence-electron chi connectivity index (χ1n) is 7.84. The first-order valence-corrected chi connectivity index (χ1v) is 8.82. The van der Waals surface area contributed by atoms with Gasteiger partial charge in [0.1, 0.15) is 5.82 Å². The third-order valence-corrected chi connectivity index (χ3v) is 4.26. The highest BCUT2D eigenvalue weighted by Crippen LogP contribution is 2.17. The van der Waals surface area contributed by atoms with E-state index in [2.05, 4.69) is 58.6 Å². The number of rotatable bonds is 7. The highest BCUT2D eigenvalue weighted by Gasteiger charge is 2.11. The third-order valence-electron chi connectivity index (χ3n) is 3.41. The van der Waals surface area contributed by atoms with E-state index in [0.29, 0.717) is 16.8 Å². The number of benzene rings is 1. The second kappa shape index (κ2) is 8.15. The molecule has 0 aliphatic heterocycles. The SMILES string of the molecule is Cc1nc(SCC(=O)NC(C)c2ccc(CC(C)C)cc2)n[nH]1. The van der Waals surface area contributed by atoms with Crippen molar-refractivity contribution in [3.63, 3.8) is 0 Å². The number of thioether (sulfide) groups is 1. The van der Waals surface area contributed by atoms with Gasteiger partial charge in [-0.15, -0.1) is 5.10 Å². The summed E-state index contributed by atoms with van der Waals surface area (Å²) in [6, 6.07) is 8.46. The van der Waals surface area contributed by atoms with Crippen LogP contribution in [0.2, 0.25) is 0 Å². The van der Waals surface area contributed by atoms with Crippen molar-refractivity contribution in [3.05, 3.63) is 41.2 Å². The molecule has 23 heavy (non-hydrogen) atoms. The molecule has 0 bridgehead atoms. The molecular formula is C17H24N4OS. The Morgan fingerprint density at radius 1 is 1.26 bits per heavy atom. The van der Waals surface area contributed by atoms with Crippen LogP contribution in [0.3, 0.4) is 0 Å². The highest BCUT2D eigenvalue weighted by atomic mass is 32.2. The maximum atomic E-state index is 12.0. The van der Waals surface area contributed by atoms with Crippen molar-refractivity contribution in [1.82, 2.24) is 20.5 Å². The van der Waals surface area contributed by atoms with E-state index in [4.69, 9.17) is 0 Å². The Balaban J connectivity index is 1.83. The van der Waals surface area contributed by atoms with E-state index >= 15 is 0 Å². The number of carbonyl (C=O) groups is 1. The summed E-state index contributed by atoms with van der Waals surface area (Å²) in [6.07, 6.45) is 1.08. The summed E-state index contributed by atoms with van der Waals surface area (Å²) in [5.74, 6) is 1.70. The summed E-state index contributed by atoms with van der Waals surface area (Å²) >= 11 is 1.33. The molecule has 0 aliphatic carbocycles. The van der Waals surface area contributed by atoms with Crippen LogP contribution in [0.25, 0.3) is 0 Å². The molecule has 1 atom stereocenters. The van der Waals surface area contributed by atoms with Crippen LogP contribution in [-0.2, 0) is 11.2 Å². The molecule has 2 rings (SSSR count). The zero-order chi connectivity index (χ0) is 16.8. The first kappa shape index (κ1) is 17.5. The maximum Gasteiger partial charge on any atom is 0.230 e. The van der Waals surface area contributed by atoms with Gasteiger partial charge in [0.05, 0.1) is 11.8 Å². The molecule has 0 fully saturated rings. The smallest absolute Gasteiger partial charge is 0.230 e. The number of nitrogens with one attached hydrogen (secondary N) is 2. The third kappa shape index (κ3) is 5.71. The van der Waals surface area contributed by atoms with Crippen molar-refractivity contribution in [3.8, 4) is 0 Å². The molecule has 0 spiro atoms. The van der Waals surface area contributed by atoms with Crippen molar-refractivity contribution in [2.45, 2.75) is 45.3 Å². The molecular weight excluding hydrogens is 308 g/mol. The van der Waals surface area contributed by atoms with Crippen LogP contribution in [0, 0.1) is 12.8 Å². The Kier molecular flexibility index (Phi) is 6.21. The quantitative estimate of drug-likeness (QED) is 0.763. The van der Waals surface area contributed by atoms with Gasteiger partial charge >= 0.3 is 0 Å². The van der Waals surface area contributed by atoms with E-state index < -0.39 is 0 Å². The summed E-state index contributed by atoms with van der Waals surface area (Å²) in [4.78, 5) is 16.2. The lowest BCUT2D eigenvalue weighted by Crippen LogP contribution is -2.28. The highest BCUT2D eigenvalue weighted by molar-refractivity contribution is 7.99. The number of hydrogen-bond acceptors (Lipinski definition) is 4. The molecule has 1 amide bonds. The molecule has 124 valence electrons. The molecule has 2 N–H and O–H groups in total. The van der Waals surface area contributed by atoms with Crippen LogP contribution in [0.15, 0.2) is 29.4 Å². The van der Waals surface area contributed by atoms with Crippen molar-refractivity contribution >= 4 is 17.7 Å². The number of hydrogen-bond donors (Lipinski definition) is 2. The average Bonchev–Trinajstić information content (AvgIpc) is 2.91. The summed E-state index contributed by atoms with van der Waals surface area (Å²) in [6.45, 7) is 8.26. The van der Waals surface area contributed by atoms with Crippen molar-refractivity contribution in [2.24, 2.45) is 5.92 Å². The number of aromatic nitrogens is 3. The molecule has 1 aromatic heterocycles. The Morgan fingerprint density at radius 3 is 2.52 bits per heavy atom. The van der Waals surface area contributed by atoms with Crippen LogP contribution in [0.1, 0.15) is 43.8 Å². The normalized spacial score (nSPS) is 12.4. The van der Waals surface area contributed by atoms with Crippen LogP contribution in [0.5, 0.6) is 0 Å². The van der Waals surface area contributed by atoms with E-state index in [1.54, 1.807) is 0 Å². The van der Waals surface area contributed by atoms with E-state index in [9.17, 15) is 4.79 Å². The first-order chi connectivity index (χ1) is 10.9. The van der Waals surface area contributed by atoms with Crippen LogP contribution in [0.4, 0.5) is 0 Å². The lowest BCUT2D eigenvalue weighted by atomic mass is 10.00. The summed E-state index contributed by atoms with van der Waals surface area (Å²) in [5, 5.41) is 10.4. The van der Waals surface area contributed by atoms with Crippen LogP contribution in [-0.4, -0.2) is 26.8 Å². The van der Waals surface area contributed by atoms with Gasteiger partial charge in [-0.3, -0.25) is 9.89 Å². The zero-order valence-corrected chi connectivity index (χ0v) is 14.9. The predicted octanol–water partition coefficient (Wildman–Crippen LogP) is 3.28. The molecule has 6 heteroatoms. The topological polar surface area (TPSA) is 70.7 Å². The van der Waals surface area contributed by atoms with Gasteiger partial charge in [0.25, 0.3) is 0 Å². The second-order valence-electron chi connectivity index (χ2n) is 6.12. The van der Waals surface area contributed by atoms with Gasteiger partial charge in [0.15, 0.2) is 0 Å². The average molecular weight is 332 g/mol. The van der Waals surface area contributed by atoms with Crippen molar-refractivity contribution in [1.29, 1.82) is 0 Å². The molecule has 1 heterocycles. The number of amides is 1. The van der Waals surface area contributed by atoms with Gasteiger partial charge in [0, 0.05) is 0 Å². The second-order valence-corrected chi connectivity index (χ2v) is 7.06. The number of aryl methyl sites for hydroxylation is 1. The summed E-state index contributed by atoms with van der Waals surface area (Å²) in [7, 11) is 0. The lowest BCUT2D eigenvalue weighted by Gasteiger charge is -2.15. The fourth-order valence-electron chi connectivity index (χ4n) is 2.30. The van der Waals surface area contributed by atoms with Crippen molar-refractivity contribution < 1.29 is 4.79 Å². The molecule has 1 aromatic carbocycles. The number of nitrogens with zero attached hydrogens (tertiary/aromatic N) is 2. The lowest BCUT2D eigenvalue weighted by molar-refractivity contribution is -0.119. The molecule has 0 radical (unpaired) electrons. The number of aromatic amines is 1. The molecule has 0 aliphatic rings. The summed E-state index contributed by atoms with van der Waals surface area (Å²) < 4.78 is 0. The minimum atomic E-state index is -0.0174. The van der Waals surface area contributed by atoms with Crippen LogP contribution < -0.4 is 5.32 Å². The Bertz CT molecular complexity index is 636. The van der Waals surface area contributed by atoms with E-state index in [-0.39, 0.29) is 11.9 Å². The largest absolute Gasteiger partial charge is 0.349 e. The van der Waals surface area contributed by atoms with E-state index in [1.807, 2.05) is 13.8 Å². The molecule has 0 saturated carbocycles. The molecule has 0 saturated heterocycles. The van der Waals surface area contributed by atoms with E-state index in [1.165, 1.54) is 17.3 Å². The van der Waals surface area contributed by atoms with Gasteiger partial charge in [-0.2, -0.15) is 0 Å². The minimum absolute atomic E-state index is 0.00919. The number of carbonyl (C=O) groups excluding carboxylic acids is 1. The summed E-state index contributed by atoms with van der Waals surface area (Å²) in [5.41, 5.74) is 2.45. The fraction of sp³-hybridized carbons (Fsp3) is 0.471. The zero-order valence-electron chi connectivity index (χ0n) is 14.1. The molecule has 2 aromatic rings. The number of H-pyrrole nitrogens is 1.